The highest BCUT2D eigenvalue weighted by Gasteiger charge is 2.45. The number of nitrogens with zero attached hydrogens (tertiary/aromatic N) is 4. The second kappa shape index (κ2) is 5.84. The van der Waals surface area contributed by atoms with E-state index in [1.807, 2.05) is 30.3 Å². The number of carbonyl (C=O) groups is 2. The predicted octanol–water partition coefficient (Wildman–Crippen LogP) is 0.325. The van der Waals surface area contributed by atoms with Gasteiger partial charge in [0.15, 0.2) is 0 Å². The number of amides is 2. The van der Waals surface area contributed by atoms with E-state index in [-0.39, 0.29) is 18.5 Å². The van der Waals surface area contributed by atoms with Crippen molar-refractivity contribution in [1.29, 1.82) is 0 Å². The molecule has 0 unspecified atom stereocenters. The zero-order valence-corrected chi connectivity index (χ0v) is 11.7. The van der Waals surface area contributed by atoms with E-state index < -0.39 is 12.1 Å². The van der Waals surface area contributed by atoms with Gasteiger partial charge in [0.2, 0.25) is 5.91 Å². The number of hydrogen-bond donors (Lipinski definition) is 2. The largest absolute Gasteiger partial charge is 0.465 e. The molecule has 2 heterocycles. The van der Waals surface area contributed by atoms with Crippen LogP contribution in [-0.4, -0.2) is 48.9 Å². The van der Waals surface area contributed by atoms with Crippen molar-refractivity contribution in [2.45, 2.75) is 25.2 Å². The summed E-state index contributed by atoms with van der Waals surface area (Å²) in [5.74, 6) is -0.288. The zero-order chi connectivity index (χ0) is 15.5. The number of nitrogens with one attached hydrogen (secondary N) is 1. The minimum absolute atomic E-state index is 0.169. The van der Waals surface area contributed by atoms with Gasteiger partial charge in [-0.2, -0.15) is 5.10 Å². The van der Waals surface area contributed by atoms with Crippen molar-refractivity contribution in [1.82, 2.24) is 25.0 Å². The first kappa shape index (κ1) is 14.1. The molecule has 0 radical (unpaired) electrons. The third kappa shape index (κ3) is 2.76. The second-order valence-electron chi connectivity index (χ2n) is 5.07. The molecule has 114 valence electrons. The quantitative estimate of drug-likeness (QED) is 0.775. The van der Waals surface area contributed by atoms with Gasteiger partial charge in [0.05, 0.1) is 12.6 Å². The Morgan fingerprint density at radius 3 is 2.73 bits per heavy atom. The van der Waals surface area contributed by atoms with Gasteiger partial charge in [-0.3, -0.25) is 14.4 Å². The maximum Gasteiger partial charge on any atom is 0.408 e. The zero-order valence-electron chi connectivity index (χ0n) is 11.7. The van der Waals surface area contributed by atoms with Gasteiger partial charge in [-0.25, -0.2) is 9.78 Å². The van der Waals surface area contributed by atoms with E-state index in [0.29, 0.717) is 6.54 Å². The van der Waals surface area contributed by atoms with E-state index in [4.69, 9.17) is 0 Å². The Morgan fingerprint density at radius 2 is 2.14 bits per heavy atom. The standard InChI is InChI=1S/C14H15N5O3/c20-13-12(11(17-13)7-18-9-15-8-16-18)19(14(21)22)6-10-4-2-1-3-5-10/h1-5,8-9,11-12H,6-7H2,(H,17,20)(H,21,22)/t11-,12+/m1/s1. The molecular weight excluding hydrogens is 286 g/mol. The summed E-state index contributed by atoms with van der Waals surface area (Å²) in [4.78, 5) is 28.4. The van der Waals surface area contributed by atoms with E-state index in [1.165, 1.54) is 12.7 Å². The van der Waals surface area contributed by atoms with Crippen LogP contribution in [0.25, 0.3) is 0 Å². The van der Waals surface area contributed by atoms with Gasteiger partial charge < -0.3 is 10.4 Å². The molecule has 22 heavy (non-hydrogen) atoms. The van der Waals surface area contributed by atoms with Crippen LogP contribution in [0.3, 0.4) is 0 Å². The Kier molecular flexibility index (Phi) is 3.73. The van der Waals surface area contributed by atoms with Gasteiger partial charge in [0.1, 0.15) is 18.7 Å². The molecule has 0 aliphatic carbocycles. The number of β-lactam (4-membered cyclic amide) rings is 1. The van der Waals surface area contributed by atoms with Crippen molar-refractivity contribution < 1.29 is 14.7 Å². The third-order valence-corrected chi connectivity index (χ3v) is 3.60. The Labute approximate surface area is 126 Å². The fourth-order valence-electron chi connectivity index (χ4n) is 2.53. The molecule has 8 heteroatoms. The van der Waals surface area contributed by atoms with E-state index in [2.05, 4.69) is 15.4 Å². The molecule has 8 nitrogen and oxygen atoms in total. The molecule has 2 atom stereocenters. The summed E-state index contributed by atoms with van der Waals surface area (Å²) >= 11 is 0. The topological polar surface area (TPSA) is 100 Å². The van der Waals surface area contributed by atoms with E-state index in [9.17, 15) is 14.7 Å². The average Bonchev–Trinajstić information content (AvgIpc) is 3.00. The van der Waals surface area contributed by atoms with Crippen LogP contribution in [0.2, 0.25) is 0 Å². The van der Waals surface area contributed by atoms with Crippen LogP contribution < -0.4 is 5.32 Å². The molecule has 0 bridgehead atoms. The first-order chi connectivity index (χ1) is 10.6. The highest BCUT2D eigenvalue weighted by molar-refractivity contribution is 5.92. The van der Waals surface area contributed by atoms with Gasteiger partial charge >= 0.3 is 6.09 Å². The summed E-state index contributed by atoms with van der Waals surface area (Å²) in [5, 5.41) is 16.1. The van der Waals surface area contributed by atoms with Crippen molar-refractivity contribution in [3.63, 3.8) is 0 Å². The van der Waals surface area contributed by atoms with Crippen LogP contribution in [0.1, 0.15) is 5.56 Å². The average molecular weight is 301 g/mol. The molecular formula is C14H15N5O3. The van der Waals surface area contributed by atoms with Crippen LogP contribution >= 0.6 is 0 Å². The lowest BCUT2D eigenvalue weighted by atomic mass is 9.96. The van der Waals surface area contributed by atoms with Gasteiger partial charge in [-0.1, -0.05) is 30.3 Å². The van der Waals surface area contributed by atoms with Crippen LogP contribution in [0.5, 0.6) is 0 Å². The fraction of sp³-hybridized carbons (Fsp3) is 0.286. The Hall–Kier alpha value is -2.90. The molecule has 1 aromatic carbocycles. The molecule has 1 saturated heterocycles. The van der Waals surface area contributed by atoms with Crippen LogP contribution in [0, 0.1) is 0 Å². The van der Waals surface area contributed by atoms with Gasteiger partial charge in [-0.05, 0) is 5.56 Å². The first-order valence-electron chi connectivity index (χ1n) is 6.81. The molecule has 0 saturated carbocycles. The highest BCUT2D eigenvalue weighted by atomic mass is 16.4. The molecule has 1 aromatic heterocycles. The lowest BCUT2D eigenvalue weighted by Gasteiger charge is -2.42. The maximum atomic E-state index is 11.8. The summed E-state index contributed by atoms with van der Waals surface area (Å²) in [7, 11) is 0. The summed E-state index contributed by atoms with van der Waals surface area (Å²) in [6, 6.07) is 8.17. The van der Waals surface area contributed by atoms with Crippen LogP contribution in [0.4, 0.5) is 4.79 Å². The monoisotopic (exact) mass is 301 g/mol. The van der Waals surface area contributed by atoms with E-state index >= 15 is 0 Å². The summed E-state index contributed by atoms with van der Waals surface area (Å²) in [5.41, 5.74) is 0.837. The second-order valence-corrected chi connectivity index (χ2v) is 5.07. The number of hydrogen-bond acceptors (Lipinski definition) is 4. The molecule has 1 fully saturated rings. The molecule has 2 aromatic rings. The lowest BCUT2D eigenvalue weighted by Crippen LogP contribution is -2.70. The van der Waals surface area contributed by atoms with Crippen molar-refractivity contribution in [2.75, 3.05) is 0 Å². The van der Waals surface area contributed by atoms with E-state index in [1.54, 1.807) is 4.68 Å². The maximum absolute atomic E-state index is 11.8. The number of rotatable bonds is 5. The minimum Gasteiger partial charge on any atom is -0.465 e. The van der Waals surface area contributed by atoms with Crippen molar-refractivity contribution in [3.05, 3.63) is 48.5 Å². The number of carbonyl (C=O) groups excluding carboxylic acids is 1. The van der Waals surface area contributed by atoms with Crippen LogP contribution in [0.15, 0.2) is 43.0 Å². The molecule has 2 N–H and O–H groups in total. The number of aromatic nitrogens is 3. The highest BCUT2D eigenvalue weighted by Crippen LogP contribution is 2.19. The fourth-order valence-corrected chi connectivity index (χ4v) is 2.53. The Morgan fingerprint density at radius 1 is 1.36 bits per heavy atom. The van der Waals surface area contributed by atoms with Crippen molar-refractivity contribution >= 4 is 12.0 Å². The van der Waals surface area contributed by atoms with Crippen molar-refractivity contribution in [2.24, 2.45) is 0 Å². The Balaban J connectivity index is 1.75. The summed E-state index contributed by atoms with van der Waals surface area (Å²) < 4.78 is 1.57. The number of carboxylic acid groups (broad SMARTS) is 1. The predicted molar refractivity (Wildman–Crippen MR) is 75.8 cm³/mol. The number of benzene rings is 1. The smallest absolute Gasteiger partial charge is 0.408 e. The summed E-state index contributed by atoms with van der Waals surface area (Å²) in [6.07, 6.45) is 1.81. The molecule has 1 aliphatic rings. The van der Waals surface area contributed by atoms with Crippen molar-refractivity contribution in [3.8, 4) is 0 Å². The minimum atomic E-state index is -1.12. The third-order valence-electron chi connectivity index (χ3n) is 3.60. The van der Waals surface area contributed by atoms with Crippen LogP contribution in [-0.2, 0) is 17.9 Å². The van der Waals surface area contributed by atoms with Gasteiger partial charge in [-0.15, -0.1) is 0 Å². The lowest BCUT2D eigenvalue weighted by molar-refractivity contribution is -0.137. The van der Waals surface area contributed by atoms with Gasteiger partial charge in [0.25, 0.3) is 0 Å². The van der Waals surface area contributed by atoms with E-state index in [0.717, 1.165) is 10.5 Å². The Bertz CT molecular complexity index is 658. The SMILES string of the molecule is O=C1N[C@H](Cn2cncn2)[C@@H]1N(Cc1ccccc1)C(=O)O. The molecule has 3 rings (SSSR count). The molecule has 1 aliphatic heterocycles. The normalized spacial score (nSPS) is 20.1. The molecule has 0 spiro atoms. The first-order valence-corrected chi connectivity index (χ1v) is 6.81. The summed E-state index contributed by atoms with van der Waals surface area (Å²) in [6.45, 7) is 0.553. The van der Waals surface area contributed by atoms with Gasteiger partial charge in [0, 0.05) is 6.54 Å². The molecule has 2 amide bonds.